The van der Waals surface area contributed by atoms with Gasteiger partial charge in [-0.15, -0.1) is 0 Å². The van der Waals surface area contributed by atoms with Crippen LogP contribution in [0.2, 0.25) is 0 Å². The molecule has 0 aliphatic carbocycles. The summed E-state index contributed by atoms with van der Waals surface area (Å²) in [6, 6.07) is 3.01. The molecule has 0 amide bonds. The van der Waals surface area contributed by atoms with Crippen molar-refractivity contribution in [3.63, 3.8) is 0 Å². The zero-order valence-electron chi connectivity index (χ0n) is 12.5. The Kier molecular flexibility index (Phi) is 5.40. The summed E-state index contributed by atoms with van der Waals surface area (Å²) >= 11 is 0. The van der Waals surface area contributed by atoms with Gasteiger partial charge in [0.1, 0.15) is 5.82 Å². The molecule has 7 nitrogen and oxygen atoms in total. The quantitative estimate of drug-likeness (QED) is 0.635. The maximum Gasteiger partial charge on any atom is 0.240 e. The van der Waals surface area contributed by atoms with Crippen molar-refractivity contribution in [2.24, 2.45) is 0 Å². The van der Waals surface area contributed by atoms with Gasteiger partial charge < -0.3 is 5.32 Å². The molecule has 0 spiro atoms. The van der Waals surface area contributed by atoms with E-state index in [4.69, 9.17) is 0 Å². The molecule has 0 radical (unpaired) electrons. The molecule has 128 valence electrons. The van der Waals surface area contributed by atoms with Crippen molar-refractivity contribution in [2.45, 2.75) is 11.3 Å². The number of nitrogens with one attached hydrogen (secondary N) is 3. The smallest absolute Gasteiger partial charge is 0.240 e. The van der Waals surface area contributed by atoms with Gasteiger partial charge in [-0.05, 0) is 31.2 Å². The highest BCUT2D eigenvalue weighted by molar-refractivity contribution is 7.92. The van der Waals surface area contributed by atoms with Gasteiger partial charge in [-0.1, -0.05) is 11.6 Å². The molecule has 0 atom stereocenters. The molecule has 0 fully saturated rings. The lowest BCUT2D eigenvalue weighted by Gasteiger charge is -2.15. The Hall–Kier alpha value is -1.49. The van der Waals surface area contributed by atoms with E-state index >= 15 is 0 Å². The highest BCUT2D eigenvalue weighted by Crippen LogP contribution is 2.20. The fraction of sp³-hybridized carbons (Fsp3) is 0.385. The first-order valence-electron chi connectivity index (χ1n) is 6.83. The van der Waals surface area contributed by atoms with E-state index in [1.807, 2.05) is 10.8 Å². The number of hydrogen-bond acceptors (Lipinski definition) is 5. The fourth-order valence-corrected chi connectivity index (χ4v) is 3.66. The number of anilines is 1. The normalized spacial score (nSPS) is 16.0. The lowest BCUT2D eigenvalue weighted by molar-refractivity contribution is 0.579. The largest absolute Gasteiger partial charge is 0.313 e. The minimum Gasteiger partial charge on any atom is -0.313 e. The molecule has 0 saturated carbocycles. The predicted octanol–water partition coefficient (Wildman–Crippen LogP) is 0.395. The van der Waals surface area contributed by atoms with Crippen LogP contribution in [-0.2, 0) is 20.0 Å². The van der Waals surface area contributed by atoms with Crippen LogP contribution in [0, 0.1) is 5.82 Å². The monoisotopic (exact) mass is 363 g/mol. The Morgan fingerprint density at radius 3 is 2.57 bits per heavy atom. The van der Waals surface area contributed by atoms with Crippen LogP contribution < -0.4 is 14.8 Å². The van der Waals surface area contributed by atoms with Crippen molar-refractivity contribution < 1.29 is 21.2 Å². The van der Waals surface area contributed by atoms with Crippen molar-refractivity contribution in [3.05, 3.63) is 35.7 Å². The second-order valence-electron chi connectivity index (χ2n) is 5.16. The lowest BCUT2D eigenvalue weighted by Crippen LogP contribution is -2.29. The van der Waals surface area contributed by atoms with Crippen LogP contribution >= 0.6 is 0 Å². The van der Waals surface area contributed by atoms with E-state index in [0.717, 1.165) is 43.0 Å². The molecule has 0 unspecified atom stereocenters. The Bertz CT molecular complexity index is 820. The van der Waals surface area contributed by atoms with Crippen LogP contribution in [0.5, 0.6) is 0 Å². The molecule has 3 N–H and O–H groups in total. The summed E-state index contributed by atoms with van der Waals surface area (Å²) in [5.74, 6) is -0.959. The Labute approximate surface area is 135 Å². The molecule has 0 bridgehead atoms. The number of benzene rings is 1. The minimum atomic E-state index is -3.87. The summed E-state index contributed by atoms with van der Waals surface area (Å²) in [6.07, 6.45) is 3.53. The summed E-state index contributed by atoms with van der Waals surface area (Å²) < 4.78 is 64.8. The van der Waals surface area contributed by atoms with Crippen LogP contribution in [0.25, 0.3) is 0 Å². The molecular formula is C13H18FN3O4S2. The zero-order valence-corrected chi connectivity index (χ0v) is 14.1. The van der Waals surface area contributed by atoms with E-state index in [1.165, 1.54) is 0 Å². The number of halogens is 1. The number of sulfonamides is 2. The molecular weight excluding hydrogens is 345 g/mol. The third-order valence-corrected chi connectivity index (χ3v) is 5.18. The van der Waals surface area contributed by atoms with Crippen molar-refractivity contribution in [1.29, 1.82) is 0 Å². The zero-order chi connectivity index (χ0) is 17.1. The maximum absolute atomic E-state index is 13.9. The van der Waals surface area contributed by atoms with Gasteiger partial charge in [-0.3, -0.25) is 4.72 Å². The fourth-order valence-electron chi connectivity index (χ4n) is 2.05. The van der Waals surface area contributed by atoms with Crippen LogP contribution in [-0.4, -0.2) is 42.7 Å². The first-order chi connectivity index (χ1) is 10.7. The first-order valence-corrected chi connectivity index (χ1v) is 10.2. The van der Waals surface area contributed by atoms with Crippen LogP contribution in [0.4, 0.5) is 10.1 Å². The summed E-state index contributed by atoms with van der Waals surface area (Å²) in [6.45, 7) is 1.64. The van der Waals surface area contributed by atoms with Crippen molar-refractivity contribution >= 4 is 25.7 Å². The number of hydrogen-bond donors (Lipinski definition) is 3. The van der Waals surface area contributed by atoms with E-state index in [-0.39, 0.29) is 17.1 Å². The Morgan fingerprint density at radius 1 is 1.26 bits per heavy atom. The van der Waals surface area contributed by atoms with Crippen LogP contribution in [0.3, 0.4) is 0 Å². The summed E-state index contributed by atoms with van der Waals surface area (Å²) in [4.78, 5) is -0.261. The van der Waals surface area contributed by atoms with Gasteiger partial charge in [0.2, 0.25) is 20.0 Å². The molecule has 1 aromatic rings. The summed E-state index contributed by atoms with van der Waals surface area (Å²) in [7, 11) is -7.51. The summed E-state index contributed by atoms with van der Waals surface area (Å²) in [5, 5.41) is 3.12. The van der Waals surface area contributed by atoms with Gasteiger partial charge in [-0.25, -0.2) is 25.9 Å². The highest BCUT2D eigenvalue weighted by atomic mass is 32.2. The molecule has 1 aliphatic rings. The molecule has 0 saturated heterocycles. The van der Waals surface area contributed by atoms with Gasteiger partial charge in [0, 0.05) is 13.1 Å². The van der Waals surface area contributed by atoms with E-state index in [1.54, 1.807) is 0 Å². The van der Waals surface area contributed by atoms with Gasteiger partial charge in [0.25, 0.3) is 0 Å². The maximum atomic E-state index is 13.9. The van der Waals surface area contributed by atoms with Crippen molar-refractivity contribution in [2.75, 3.05) is 30.6 Å². The van der Waals surface area contributed by atoms with Crippen molar-refractivity contribution in [1.82, 2.24) is 10.0 Å². The molecule has 0 aromatic heterocycles. The van der Waals surface area contributed by atoms with Gasteiger partial charge in [0.05, 0.1) is 16.8 Å². The highest BCUT2D eigenvalue weighted by Gasteiger charge is 2.18. The SMILES string of the molecule is CS(=O)(=O)Nc1ccc(S(=O)(=O)NCC2=CCNCC2)cc1F. The second kappa shape index (κ2) is 6.95. The minimum absolute atomic E-state index is 0.162. The van der Waals surface area contributed by atoms with E-state index in [0.29, 0.717) is 6.54 Å². The van der Waals surface area contributed by atoms with Gasteiger partial charge >= 0.3 is 0 Å². The van der Waals surface area contributed by atoms with E-state index in [2.05, 4.69) is 10.0 Å². The molecule has 1 aromatic carbocycles. The van der Waals surface area contributed by atoms with Gasteiger partial charge in [-0.2, -0.15) is 0 Å². The third-order valence-electron chi connectivity index (χ3n) is 3.19. The molecule has 1 aliphatic heterocycles. The summed E-state index contributed by atoms with van der Waals surface area (Å²) in [5.41, 5.74) is 0.663. The second-order valence-corrected chi connectivity index (χ2v) is 8.67. The van der Waals surface area contributed by atoms with E-state index < -0.39 is 25.9 Å². The first kappa shape index (κ1) is 17.9. The Balaban J connectivity index is 2.13. The van der Waals surface area contributed by atoms with Crippen LogP contribution in [0.15, 0.2) is 34.7 Å². The average molecular weight is 363 g/mol. The van der Waals surface area contributed by atoms with Crippen molar-refractivity contribution in [3.8, 4) is 0 Å². The number of rotatable bonds is 6. The van der Waals surface area contributed by atoms with Crippen LogP contribution in [0.1, 0.15) is 6.42 Å². The Morgan fingerprint density at radius 2 is 2.00 bits per heavy atom. The standard InChI is InChI=1S/C13H18FN3O4S2/c1-22(18,19)17-13-3-2-11(8-12(13)14)23(20,21)16-9-10-4-6-15-7-5-10/h2-4,8,15-17H,5-7,9H2,1H3. The lowest BCUT2D eigenvalue weighted by atomic mass is 10.1. The average Bonchev–Trinajstić information content (AvgIpc) is 2.47. The third kappa shape index (κ3) is 5.27. The molecule has 2 rings (SSSR count). The van der Waals surface area contributed by atoms with E-state index in [9.17, 15) is 21.2 Å². The molecule has 23 heavy (non-hydrogen) atoms. The molecule has 1 heterocycles. The van der Waals surface area contributed by atoms with Gasteiger partial charge in [0.15, 0.2) is 0 Å². The topological polar surface area (TPSA) is 104 Å². The molecule has 10 heteroatoms. The predicted molar refractivity (Wildman–Crippen MR) is 85.6 cm³/mol.